The van der Waals surface area contributed by atoms with E-state index in [0.717, 1.165) is 0 Å². The molecule has 3 aromatic rings. The molecule has 3 rings (SSSR count). The fourth-order valence-electron chi connectivity index (χ4n) is 2.45. The fourth-order valence-corrected chi connectivity index (χ4v) is 3.22. The van der Waals surface area contributed by atoms with Crippen LogP contribution in [0, 0.1) is 11.3 Å². The summed E-state index contributed by atoms with van der Waals surface area (Å²) in [5.74, 6) is -0.936. The number of thioether (sulfide) groups is 1. The second-order valence-corrected chi connectivity index (χ2v) is 7.03. The van der Waals surface area contributed by atoms with E-state index in [2.05, 4.69) is 5.32 Å². The first-order chi connectivity index (χ1) is 14.4. The number of furan rings is 1. The zero-order valence-corrected chi connectivity index (χ0v) is 16.2. The highest BCUT2D eigenvalue weighted by molar-refractivity contribution is 7.99. The lowest BCUT2D eigenvalue weighted by Gasteiger charge is -2.11. The third-order valence-corrected chi connectivity index (χ3v) is 4.93. The van der Waals surface area contributed by atoms with Gasteiger partial charge in [-0.1, -0.05) is 24.3 Å². The number of hydrogen-bond acceptors (Lipinski definition) is 5. The number of rotatable bonds is 7. The summed E-state index contributed by atoms with van der Waals surface area (Å²) in [6.07, 6.45) is -4.32. The lowest BCUT2D eigenvalue weighted by Crippen LogP contribution is -2.13. The van der Waals surface area contributed by atoms with Crippen LogP contribution in [0.25, 0.3) is 0 Å². The summed E-state index contributed by atoms with van der Waals surface area (Å²) in [6.45, 7) is 0.00396. The van der Waals surface area contributed by atoms with Gasteiger partial charge in [-0.25, -0.2) is 0 Å². The van der Waals surface area contributed by atoms with Crippen molar-refractivity contribution >= 4 is 23.4 Å². The topological polar surface area (TPSA) is 75.3 Å². The molecule has 0 atom stereocenters. The molecule has 9 heteroatoms. The Kier molecular flexibility index (Phi) is 6.69. The summed E-state index contributed by atoms with van der Waals surface area (Å²) in [5, 5.41) is 11.6. The van der Waals surface area contributed by atoms with Gasteiger partial charge in [0, 0.05) is 4.90 Å². The van der Waals surface area contributed by atoms with Gasteiger partial charge in [-0.05, 0) is 36.4 Å². The Bertz CT molecular complexity index is 1070. The smallest absolute Gasteiger partial charge is 0.398 e. The molecule has 1 N–H and O–H groups in total. The third-order valence-electron chi connectivity index (χ3n) is 3.79. The molecule has 0 aliphatic carbocycles. The number of para-hydroxylation sites is 2. The van der Waals surface area contributed by atoms with Gasteiger partial charge in [0.25, 0.3) is 5.91 Å². The van der Waals surface area contributed by atoms with Crippen molar-refractivity contribution in [2.45, 2.75) is 17.7 Å². The zero-order valence-electron chi connectivity index (χ0n) is 15.4. The molecule has 0 radical (unpaired) electrons. The van der Waals surface area contributed by atoms with Crippen molar-refractivity contribution in [1.82, 2.24) is 0 Å². The van der Waals surface area contributed by atoms with Crippen LogP contribution in [0.1, 0.15) is 21.9 Å². The molecule has 30 heavy (non-hydrogen) atoms. The molecule has 0 bridgehead atoms. The maximum Gasteiger partial charge on any atom is 0.398 e. The molecule has 0 unspecified atom stereocenters. The minimum Gasteiger partial charge on any atom is -0.484 e. The van der Waals surface area contributed by atoms with Gasteiger partial charge in [0.1, 0.15) is 24.2 Å². The Balaban J connectivity index is 1.64. The Hall–Kier alpha value is -3.38. The van der Waals surface area contributed by atoms with Gasteiger partial charge in [-0.15, -0.1) is 11.8 Å². The first-order valence-electron chi connectivity index (χ1n) is 8.66. The SMILES string of the molecule is N#Cc1ccccc1OCc1ccc(C(=O)Nc2ccccc2SCC(F)(F)F)o1. The van der Waals surface area contributed by atoms with Gasteiger partial charge in [0.15, 0.2) is 5.76 Å². The van der Waals surface area contributed by atoms with Crippen molar-refractivity contribution in [3.63, 3.8) is 0 Å². The summed E-state index contributed by atoms with van der Waals surface area (Å²) in [5.41, 5.74) is 0.629. The highest BCUT2D eigenvalue weighted by Gasteiger charge is 2.27. The maximum absolute atomic E-state index is 12.5. The van der Waals surface area contributed by atoms with E-state index in [1.807, 2.05) is 6.07 Å². The molecule has 0 fully saturated rings. The third kappa shape index (κ3) is 5.81. The van der Waals surface area contributed by atoms with E-state index in [1.54, 1.807) is 42.5 Å². The fraction of sp³-hybridized carbons (Fsp3) is 0.143. The predicted molar refractivity (Wildman–Crippen MR) is 105 cm³/mol. The number of hydrogen-bond donors (Lipinski definition) is 1. The average molecular weight is 432 g/mol. The molecular formula is C21H15F3N2O3S. The number of ether oxygens (including phenoxy) is 1. The van der Waals surface area contributed by atoms with Gasteiger partial charge < -0.3 is 14.5 Å². The first kappa shape index (κ1) is 21.3. The molecule has 1 heterocycles. The molecule has 0 saturated carbocycles. The number of nitrogens with zero attached hydrogens (tertiary/aromatic N) is 1. The van der Waals surface area contributed by atoms with Gasteiger partial charge in [-0.3, -0.25) is 4.79 Å². The second kappa shape index (κ2) is 9.41. The molecule has 0 aliphatic rings. The van der Waals surface area contributed by atoms with Crippen molar-refractivity contribution in [1.29, 1.82) is 5.26 Å². The van der Waals surface area contributed by atoms with Crippen LogP contribution in [0.2, 0.25) is 0 Å². The van der Waals surface area contributed by atoms with Gasteiger partial charge in [-0.2, -0.15) is 18.4 Å². The standard InChI is InChI=1S/C21H15F3N2O3S/c22-21(23,24)13-30-19-8-4-2-6-16(19)26-20(27)18-10-9-15(29-18)12-28-17-7-3-1-5-14(17)11-25/h1-10H,12-13H2,(H,26,27). The normalized spacial score (nSPS) is 11.0. The summed E-state index contributed by atoms with van der Waals surface area (Å²) in [6, 6.07) is 17.9. The minimum atomic E-state index is -4.32. The highest BCUT2D eigenvalue weighted by atomic mass is 32.2. The number of nitrogens with one attached hydrogen (secondary N) is 1. The summed E-state index contributed by atoms with van der Waals surface area (Å²) in [7, 11) is 0. The molecule has 154 valence electrons. The number of carbonyl (C=O) groups excluding carboxylic acids is 1. The van der Waals surface area contributed by atoms with E-state index in [9.17, 15) is 18.0 Å². The molecule has 2 aromatic carbocycles. The zero-order chi connectivity index (χ0) is 21.6. The van der Waals surface area contributed by atoms with E-state index in [1.165, 1.54) is 18.2 Å². The number of carbonyl (C=O) groups is 1. The van der Waals surface area contributed by atoms with Crippen molar-refractivity contribution < 1.29 is 27.1 Å². The van der Waals surface area contributed by atoms with E-state index < -0.39 is 17.8 Å². The quantitative estimate of drug-likeness (QED) is 0.489. The van der Waals surface area contributed by atoms with E-state index >= 15 is 0 Å². The van der Waals surface area contributed by atoms with Crippen LogP contribution >= 0.6 is 11.8 Å². The first-order valence-corrected chi connectivity index (χ1v) is 9.65. The van der Waals surface area contributed by atoms with E-state index in [-0.39, 0.29) is 18.1 Å². The molecule has 0 saturated heterocycles. The summed E-state index contributed by atoms with van der Waals surface area (Å²) in [4.78, 5) is 12.7. The highest BCUT2D eigenvalue weighted by Crippen LogP contribution is 2.32. The molecule has 0 aliphatic heterocycles. The summed E-state index contributed by atoms with van der Waals surface area (Å²) >= 11 is 0.589. The van der Waals surface area contributed by atoms with Crippen molar-refractivity contribution in [2.75, 3.05) is 11.1 Å². The number of halogens is 3. The van der Waals surface area contributed by atoms with E-state index in [0.29, 0.717) is 33.7 Å². The monoisotopic (exact) mass is 432 g/mol. The van der Waals surface area contributed by atoms with Crippen LogP contribution in [-0.4, -0.2) is 17.8 Å². The lowest BCUT2D eigenvalue weighted by molar-refractivity contribution is -0.105. The van der Waals surface area contributed by atoms with Crippen LogP contribution < -0.4 is 10.1 Å². The average Bonchev–Trinajstić information content (AvgIpc) is 3.20. The molecule has 0 spiro atoms. The van der Waals surface area contributed by atoms with Crippen LogP contribution in [0.4, 0.5) is 18.9 Å². The van der Waals surface area contributed by atoms with Crippen molar-refractivity contribution in [3.05, 3.63) is 77.7 Å². The summed E-state index contributed by atoms with van der Waals surface area (Å²) < 4.78 is 48.5. The molecule has 1 aromatic heterocycles. The van der Waals surface area contributed by atoms with Crippen molar-refractivity contribution in [3.8, 4) is 11.8 Å². The lowest BCUT2D eigenvalue weighted by atomic mass is 10.2. The minimum absolute atomic E-state index is 0.00396. The maximum atomic E-state index is 12.5. The molecule has 5 nitrogen and oxygen atoms in total. The second-order valence-electron chi connectivity index (χ2n) is 6.02. The Labute approximate surface area is 174 Å². The molecular weight excluding hydrogens is 417 g/mol. The Morgan fingerprint density at radius 3 is 2.60 bits per heavy atom. The largest absolute Gasteiger partial charge is 0.484 e. The van der Waals surface area contributed by atoms with Crippen LogP contribution in [0.5, 0.6) is 5.75 Å². The van der Waals surface area contributed by atoms with Gasteiger partial charge in [0.05, 0.1) is 17.0 Å². The Morgan fingerprint density at radius 2 is 1.83 bits per heavy atom. The molecule has 1 amide bonds. The Morgan fingerprint density at radius 1 is 1.10 bits per heavy atom. The number of anilines is 1. The number of amides is 1. The van der Waals surface area contributed by atoms with E-state index in [4.69, 9.17) is 14.4 Å². The predicted octanol–water partition coefficient (Wildman–Crippen LogP) is 5.64. The van der Waals surface area contributed by atoms with Crippen LogP contribution in [-0.2, 0) is 6.61 Å². The number of nitriles is 1. The number of benzene rings is 2. The van der Waals surface area contributed by atoms with Crippen molar-refractivity contribution in [2.24, 2.45) is 0 Å². The number of alkyl halides is 3. The van der Waals surface area contributed by atoms with Gasteiger partial charge >= 0.3 is 6.18 Å². The van der Waals surface area contributed by atoms with Gasteiger partial charge in [0.2, 0.25) is 0 Å². The van der Waals surface area contributed by atoms with Crippen LogP contribution in [0.15, 0.2) is 70.0 Å². The van der Waals surface area contributed by atoms with Crippen LogP contribution in [0.3, 0.4) is 0 Å².